The summed E-state index contributed by atoms with van der Waals surface area (Å²) < 4.78 is 5.27. The van der Waals surface area contributed by atoms with Crippen LogP contribution in [0, 0.1) is 0 Å². The molecule has 0 aliphatic carbocycles. The molecule has 1 N–H and O–H groups in total. The largest absolute Gasteiger partial charge is 0.495 e. The zero-order valence-electron chi connectivity index (χ0n) is 10.5. The van der Waals surface area contributed by atoms with Gasteiger partial charge < -0.3 is 14.7 Å². The molecule has 0 radical (unpaired) electrons. The van der Waals surface area contributed by atoms with E-state index in [4.69, 9.17) is 4.74 Å². The van der Waals surface area contributed by atoms with Crippen molar-refractivity contribution in [1.29, 1.82) is 0 Å². The van der Waals surface area contributed by atoms with Gasteiger partial charge in [0.05, 0.1) is 12.8 Å². The number of rotatable bonds is 6. The van der Waals surface area contributed by atoms with Gasteiger partial charge in [0.1, 0.15) is 11.8 Å². The maximum Gasteiger partial charge on any atom is 0.326 e. The minimum atomic E-state index is -0.805. The highest BCUT2D eigenvalue weighted by atomic mass is 16.5. The number of carbonyl (C=O) groups is 1. The van der Waals surface area contributed by atoms with Gasteiger partial charge in [-0.2, -0.15) is 0 Å². The Morgan fingerprint density at radius 3 is 2.53 bits per heavy atom. The first kappa shape index (κ1) is 13.4. The molecule has 0 aromatic heterocycles. The molecule has 0 spiro atoms. The van der Waals surface area contributed by atoms with E-state index >= 15 is 0 Å². The van der Waals surface area contributed by atoms with Crippen LogP contribution in [0.5, 0.6) is 5.75 Å². The molecule has 0 amide bonds. The molecule has 0 saturated carbocycles. The normalized spacial score (nSPS) is 11.9. The van der Waals surface area contributed by atoms with E-state index < -0.39 is 12.0 Å². The number of likely N-dealkylation sites (N-methyl/N-ethyl adjacent to an activating group) is 1. The third-order valence-electron chi connectivity index (χ3n) is 2.78. The van der Waals surface area contributed by atoms with Gasteiger partial charge in [-0.05, 0) is 25.5 Å². The Morgan fingerprint density at radius 1 is 1.41 bits per heavy atom. The molecular weight excluding hydrogens is 218 g/mol. The SMILES string of the molecule is CCC(C(=O)O)N(CC)c1ccccc1OC. The lowest BCUT2D eigenvalue weighted by molar-refractivity contribution is -0.138. The van der Waals surface area contributed by atoms with E-state index in [1.54, 1.807) is 7.11 Å². The first-order valence-electron chi connectivity index (χ1n) is 5.78. The molecule has 4 heteroatoms. The van der Waals surface area contributed by atoms with Gasteiger partial charge in [0, 0.05) is 6.54 Å². The zero-order chi connectivity index (χ0) is 12.8. The molecule has 0 fully saturated rings. The summed E-state index contributed by atoms with van der Waals surface area (Å²) in [4.78, 5) is 13.1. The van der Waals surface area contributed by atoms with Gasteiger partial charge in [-0.3, -0.25) is 0 Å². The number of nitrogens with zero attached hydrogens (tertiary/aromatic N) is 1. The summed E-state index contributed by atoms with van der Waals surface area (Å²) in [5.74, 6) is -0.102. The molecule has 0 aliphatic rings. The van der Waals surface area contributed by atoms with Crippen LogP contribution < -0.4 is 9.64 Å². The van der Waals surface area contributed by atoms with Crippen LogP contribution in [0.3, 0.4) is 0 Å². The number of methoxy groups -OCH3 is 1. The molecule has 1 aromatic carbocycles. The average molecular weight is 237 g/mol. The third kappa shape index (κ3) is 2.90. The number of hydrogen-bond acceptors (Lipinski definition) is 3. The number of anilines is 1. The second-order valence-electron chi connectivity index (χ2n) is 3.72. The lowest BCUT2D eigenvalue weighted by Crippen LogP contribution is -2.41. The zero-order valence-corrected chi connectivity index (χ0v) is 10.5. The third-order valence-corrected chi connectivity index (χ3v) is 2.78. The van der Waals surface area contributed by atoms with E-state index in [1.165, 1.54) is 0 Å². The molecule has 94 valence electrons. The monoisotopic (exact) mass is 237 g/mol. The van der Waals surface area contributed by atoms with Crippen LogP contribution in [-0.4, -0.2) is 30.8 Å². The average Bonchev–Trinajstić information content (AvgIpc) is 2.35. The molecule has 0 bridgehead atoms. The number of ether oxygens (including phenoxy) is 1. The topological polar surface area (TPSA) is 49.8 Å². The lowest BCUT2D eigenvalue weighted by Gasteiger charge is -2.30. The highest BCUT2D eigenvalue weighted by molar-refractivity contribution is 5.79. The van der Waals surface area contributed by atoms with Crippen molar-refractivity contribution in [3.8, 4) is 5.75 Å². The van der Waals surface area contributed by atoms with Crippen LogP contribution in [-0.2, 0) is 4.79 Å². The standard InChI is InChI=1S/C13H19NO3/c1-4-10(13(15)16)14(5-2)11-8-6-7-9-12(11)17-3/h6-10H,4-5H2,1-3H3,(H,15,16). The van der Waals surface area contributed by atoms with Crippen molar-refractivity contribution in [2.24, 2.45) is 0 Å². The Balaban J connectivity index is 3.12. The maximum atomic E-state index is 11.2. The minimum absolute atomic E-state index is 0.517. The Labute approximate surface area is 102 Å². The summed E-state index contributed by atoms with van der Waals surface area (Å²) in [6.07, 6.45) is 0.557. The van der Waals surface area contributed by atoms with Crippen LogP contribution in [0.1, 0.15) is 20.3 Å². The van der Waals surface area contributed by atoms with E-state index in [0.717, 1.165) is 5.69 Å². The number of carboxylic acids is 1. The van der Waals surface area contributed by atoms with Crippen LogP contribution >= 0.6 is 0 Å². The predicted molar refractivity (Wildman–Crippen MR) is 67.7 cm³/mol. The number of aliphatic carboxylic acids is 1. The van der Waals surface area contributed by atoms with E-state index in [-0.39, 0.29) is 0 Å². The fraction of sp³-hybridized carbons (Fsp3) is 0.462. The van der Waals surface area contributed by atoms with Gasteiger partial charge in [0.2, 0.25) is 0 Å². The van der Waals surface area contributed by atoms with Crippen LogP contribution in [0.2, 0.25) is 0 Å². The summed E-state index contributed by atoms with van der Waals surface area (Å²) in [6, 6.07) is 6.96. The lowest BCUT2D eigenvalue weighted by atomic mass is 10.1. The Hall–Kier alpha value is -1.71. The minimum Gasteiger partial charge on any atom is -0.495 e. The molecule has 1 unspecified atom stereocenters. The molecular formula is C13H19NO3. The second-order valence-corrected chi connectivity index (χ2v) is 3.72. The van der Waals surface area contributed by atoms with Gasteiger partial charge in [-0.1, -0.05) is 19.1 Å². The summed E-state index contributed by atoms with van der Waals surface area (Å²) in [5, 5.41) is 9.22. The van der Waals surface area contributed by atoms with Crippen molar-refractivity contribution in [3.63, 3.8) is 0 Å². The number of carboxylic acid groups (broad SMARTS) is 1. The van der Waals surface area contributed by atoms with E-state index in [1.807, 2.05) is 43.0 Å². The number of hydrogen-bond donors (Lipinski definition) is 1. The van der Waals surface area contributed by atoms with E-state index in [9.17, 15) is 9.90 Å². The molecule has 1 atom stereocenters. The molecule has 1 rings (SSSR count). The van der Waals surface area contributed by atoms with Crippen LogP contribution in [0.25, 0.3) is 0 Å². The number of benzene rings is 1. The molecule has 0 heterocycles. The molecule has 1 aromatic rings. The quantitative estimate of drug-likeness (QED) is 0.825. The predicted octanol–water partition coefficient (Wildman–Crippen LogP) is 2.38. The smallest absolute Gasteiger partial charge is 0.326 e. The first-order chi connectivity index (χ1) is 8.15. The van der Waals surface area contributed by atoms with Crippen molar-refractivity contribution in [2.75, 3.05) is 18.6 Å². The van der Waals surface area contributed by atoms with Gasteiger partial charge >= 0.3 is 5.97 Å². The second kappa shape index (κ2) is 6.13. The van der Waals surface area contributed by atoms with Crippen molar-refractivity contribution in [1.82, 2.24) is 0 Å². The van der Waals surface area contributed by atoms with Crippen molar-refractivity contribution < 1.29 is 14.6 Å². The van der Waals surface area contributed by atoms with Gasteiger partial charge in [-0.15, -0.1) is 0 Å². The van der Waals surface area contributed by atoms with Gasteiger partial charge in [0.15, 0.2) is 0 Å². The fourth-order valence-electron chi connectivity index (χ4n) is 1.95. The van der Waals surface area contributed by atoms with Crippen molar-refractivity contribution >= 4 is 11.7 Å². The van der Waals surface area contributed by atoms with Crippen LogP contribution in [0.15, 0.2) is 24.3 Å². The first-order valence-corrected chi connectivity index (χ1v) is 5.78. The van der Waals surface area contributed by atoms with Crippen molar-refractivity contribution in [2.45, 2.75) is 26.3 Å². The molecule has 0 aliphatic heterocycles. The molecule has 17 heavy (non-hydrogen) atoms. The van der Waals surface area contributed by atoms with Gasteiger partial charge in [0.25, 0.3) is 0 Å². The Kier molecular flexibility index (Phi) is 4.82. The summed E-state index contributed by atoms with van der Waals surface area (Å²) in [7, 11) is 1.59. The summed E-state index contributed by atoms with van der Waals surface area (Å²) in [5.41, 5.74) is 0.826. The molecule has 0 saturated heterocycles. The summed E-state index contributed by atoms with van der Waals surface area (Å²) in [6.45, 7) is 4.44. The molecule has 4 nitrogen and oxygen atoms in total. The fourth-order valence-corrected chi connectivity index (χ4v) is 1.95. The highest BCUT2D eigenvalue weighted by Gasteiger charge is 2.24. The van der Waals surface area contributed by atoms with Gasteiger partial charge in [-0.25, -0.2) is 4.79 Å². The van der Waals surface area contributed by atoms with Crippen LogP contribution in [0.4, 0.5) is 5.69 Å². The van der Waals surface area contributed by atoms with Crippen molar-refractivity contribution in [3.05, 3.63) is 24.3 Å². The Morgan fingerprint density at radius 2 is 2.06 bits per heavy atom. The Bertz CT molecular complexity index is 379. The van der Waals surface area contributed by atoms with E-state index in [2.05, 4.69) is 0 Å². The maximum absolute atomic E-state index is 11.2. The van der Waals surface area contributed by atoms with E-state index in [0.29, 0.717) is 18.7 Å². The highest BCUT2D eigenvalue weighted by Crippen LogP contribution is 2.29. The number of para-hydroxylation sites is 2. The summed E-state index contributed by atoms with van der Waals surface area (Å²) >= 11 is 0.